The average Bonchev–Trinajstić information content (AvgIpc) is 2.54. The van der Waals surface area contributed by atoms with E-state index in [1.54, 1.807) is 43.5 Å². The fourth-order valence-electron chi connectivity index (χ4n) is 2.17. The summed E-state index contributed by atoms with van der Waals surface area (Å²) in [6, 6.07) is 11.6. The molecule has 0 bridgehead atoms. The molecule has 0 aromatic heterocycles. The lowest BCUT2D eigenvalue weighted by Crippen LogP contribution is -1.98. The Morgan fingerprint density at radius 3 is 2.35 bits per heavy atom. The fourth-order valence-corrected chi connectivity index (χ4v) is 2.17. The van der Waals surface area contributed by atoms with Crippen LogP contribution in [0.5, 0.6) is 11.5 Å². The number of halogens is 1. The summed E-state index contributed by atoms with van der Waals surface area (Å²) in [5.74, 6) is -0.692. The standard InChI is InChI=1S/C18H17FO4/c1-22-15-6-3-12(4-7-15)9-14(11-18(20)21)13-5-8-17(23-2)16(19)10-13/h3-10H,11H2,1-2H3,(H,20,21). The molecule has 0 amide bonds. The van der Waals surface area contributed by atoms with Crippen molar-refractivity contribution in [3.8, 4) is 11.5 Å². The lowest BCUT2D eigenvalue weighted by Gasteiger charge is -2.09. The van der Waals surface area contributed by atoms with E-state index < -0.39 is 11.8 Å². The van der Waals surface area contributed by atoms with Gasteiger partial charge in [-0.1, -0.05) is 24.3 Å². The molecule has 0 saturated heterocycles. The van der Waals surface area contributed by atoms with Crippen LogP contribution < -0.4 is 9.47 Å². The van der Waals surface area contributed by atoms with Gasteiger partial charge in [-0.05, 0) is 41.0 Å². The SMILES string of the molecule is COc1ccc(C=C(CC(=O)O)c2ccc(OC)c(F)c2)cc1. The van der Waals surface area contributed by atoms with Gasteiger partial charge in [-0.2, -0.15) is 0 Å². The highest BCUT2D eigenvalue weighted by molar-refractivity contribution is 5.91. The number of aliphatic carboxylic acids is 1. The summed E-state index contributed by atoms with van der Waals surface area (Å²) < 4.78 is 23.8. The zero-order valence-electron chi connectivity index (χ0n) is 12.9. The van der Waals surface area contributed by atoms with Crippen molar-refractivity contribution in [3.63, 3.8) is 0 Å². The summed E-state index contributed by atoms with van der Waals surface area (Å²) in [6.07, 6.45) is 1.51. The summed E-state index contributed by atoms with van der Waals surface area (Å²) in [5.41, 5.74) is 1.81. The molecule has 2 rings (SSSR count). The topological polar surface area (TPSA) is 55.8 Å². The Hall–Kier alpha value is -2.82. The molecule has 0 aliphatic heterocycles. The summed E-state index contributed by atoms with van der Waals surface area (Å²) >= 11 is 0. The number of hydrogen-bond donors (Lipinski definition) is 1. The van der Waals surface area contributed by atoms with E-state index in [0.717, 1.165) is 5.56 Å². The van der Waals surface area contributed by atoms with Gasteiger partial charge in [-0.3, -0.25) is 4.79 Å². The number of carboxylic acid groups (broad SMARTS) is 1. The highest BCUT2D eigenvalue weighted by Crippen LogP contribution is 2.27. The van der Waals surface area contributed by atoms with Crippen LogP contribution in [0.1, 0.15) is 17.5 Å². The first-order valence-electron chi connectivity index (χ1n) is 6.94. The van der Waals surface area contributed by atoms with Crippen LogP contribution in [-0.2, 0) is 4.79 Å². The minimum atomic E-state index is -0.985. The molecule has 0 radical (unpaired) electrons. The van der Waals surface area contributed by atoms with Gasteiger partial charge in [-0.15, -0.1) is 0 Å². The van der Waals surface area contributed by atoms with Gasteiger partial charge in [0.25, 0.3) is 0 Å². The van der Waals surface area contributed by atoms with Gasteiger partial charge >= 0.3 is 5.97 Å². The number of carbonyl (C=O) groups is 1. The first-order chi connectivity index (χ1) is 11.0. The number of hydrogen-bond acceptors (Lipinski definition) is 3. The van der Waals surface area contributed by atoms with Crippen molar-refractivity contribution >= 4 is 17.6 Å². The number of ether oxygens (including phenoxy) is 2. The lowest BCUT2D eigenvalue weighted by molar-refractivity contribution is -0.135. The minimum absolute atomic E-state index is 0.118. The van der Waals surface area contributed by atoms with Gasteiger partial charge in [0.05, 0.1) is 20.6 Å². The van der Waals surface area contributed by atoms with Crippen molar-refractivity contribution in [1.29, 1.82) is 0 Å². The van der Waals surface area contributed by atoms with Crippen molar-refractivity contribution in [1.82, 2.24) is 0 Å². The van der Waals surface area contributed by atoms with Crippen molar-refractivity contribution in [2.75, 3.05) is 14.2 Å². The Kier molecular flexibility index (Phi) is 5.36. The van der Waals surface area contributed by atoms with Gasteiger partial charge in [0.1, 0.15) is 5.75 Å². The molecule has 120 valence electrons. The highest BCUT2D eigenvalue weighted by Gasteiger charge is 2.11. The van der Waals surface area contributed by atoms with E-state index in [9.17, 15) is 9.18 Å². The summed E-state index contributed by atoms with van der Waals surface area (Å²) in [6.45, 7) is 0. The molecule has 0 unspecified atom stereocenters. The summed E-state index contributed by atoms with van der Waals surface area (Å²) in [4.78, 5) is 11.1. The van der Waals surface area contributed by atoms with Gasteiger partial charge in [0.2, 0.25) is 0 Å². The third kappa shape index (κ3) is 4.32. The maximum Gasteiger partial charge on any atom is 0.307 e. The van der Waals surface area contributed by atoms with Gasteiger partial charge in [0, 0.05) is 0 Å². The molecule has 4 nitrogen and oxygen atoms in total. The normalized spacial score (nSPS) is 11.2. The van der Waals surface area contributed by atoms with Crippen LogP contribution in [0.4, 0.5) is 4.39 Å². The maximum absolute atomic E-state index is 13.9. The molecule has 0 fully saturated rings. The number of benzene rings is 2. The van der Waals surface area contributed by atoms with Crippen molar-refractivity contribution < 1.29 is 23.8 Å². The quantitative estimate of drug-likeness (QED) is 0.822. The highest BCUT2D eigenvalue weighted by atomic mass is 19.1. The van der Waals surface area contributed by atoms with Crippen molar-refractivity contribution in [2.45, 2.75) is 6.42 Å². The molecule has 5 heteroatoms. The molecule has 0 heterocycles. The monoisotopic (exact) mass is 316 g/mol. The molecule has 0 aliphatic carbocycles. The molecule has 2 aromatic rings. The first-order valence-corrected chi connectivity index (χ1v) is 6.94. The second-order valence-electron chi connectivity index (χ2n) is 4.86. The molecule has 0 aliphatic rings. The third-order valence-electron chi connectivity index (χ3n) is 3.32. The predicted molar refractivity (Wildman–Crippen MR) is 86.1 cm³/mol. The Labute approximate surface area is 133 Å². The maximum atomic E-state index is 13.9. The van der Waals surface area contributed by atoms with E-state index in [2.05, 4.69) is 0 Å². The Bertz CT molecular complexity index is 720. The van der Waals surface area contributed by atoms with E-state index in [1.807, 2.05) is 0 Å². The minimum Gasteiger partial charge on any atom is -0.497 e. The Balaban J connectivity index is 2.41. The molecule has 0 atom stereocenters. The molecule has 2 aromatic carbocycles. The Morgan fingerprint density at radius 1 is 1.13 bits per heavy atom. The summed E-state index contributed by atoms with van der Waals surface area (Å²) in [5, 5.41) is 9.10. The van der Waals surface area contributed by atoms with E-state index in [0.29, 0.717) is 16.9 Å². The second kappa shape index (κ2) is 7.45. The van der Waals surface area contributed by atoms with Crippen LogP contribution in [0.25, 0.3) is 11.6 Å². The van der Waals surface area contributed by atoms with E-state index in [4.69, 9.17) is 14.6 Å². The molecule has 1 N–H and O–H groups in total. The zero-order chi connectivity index (χ0) is 16.8. The van der Waals surface area contributed by atoms with Gasteiger partial charge in [0.15, 0.2) is 11.6 Å². The van der Waals surface area contributed by atoms with Crippen LogP contribution >= 0.6 is 0 Å². The van der Waals surface area contributed by atoms with Gasteiger partial charge < -0.3 is 14.6 Å². The molecular weight excluding hydrogens is 299 g/mol. The smallest absolute Gasteiger partial charge is 0.307 e. The van der Waals surface area contributed by atoms with Crippen LogP contribution in [0.15, 0.2) is 42.5 Å². The van der Waals surface area contributed by atoms with Crippen molar-refractivity contribution in [2.24, 2.45) is 0 Å². The first kappa shape index (κ1) is 16.5. The predicted octanol–water partition coefficient (Wildman–Crippen LogP) is 3.86. The average molecular weight is 316 g/mol. The third-order valence-corrected chi connectivity index (χ3v) is 3.32. The van der Waals surface area contributed by atoms with Gasteiger partial charge in [-0.25, -0.2) is 4.39 Å². The van der Waals surface area contributed by atoms with Crippen LogP contribution in [0, 0.1) is 5.82 Å². The van der Waals surface area contributed by atoms with E-state index in [1.165, 1.54) is 19.2 Å². The number of carboxylic acids is 1. The number of methoxy groups -OCH3 is 2. The van der Waals surface area contributed by atoms with Crippen LogP contribution in [-0.4, -0.2) is 25.3 Å². The zero-order valence-corrected chi connectivity index (χ0v) is 12.9. The molecule has 0 spiro atoms. The fraction of sp³-hybridized carbons (Fsp3) is 0.167. The molecular formula is C18H17FO4. The van der Waals surface area contributed by atoms with Crippen molar-refractivity contribution in [3.05, 3.63) is 59.4 Å². The summed E-state index contributed by atoms with van der Waals surface area (Å²) in [7, 11) is 2.95. The van der Waals surface area contributed by atoms with E-state index >= 15 is 0 Å². The Morgan fingerprint density at radius 2 is 1.83 bits per heavy atom. The van der Waals surface area contributed by atoms with E-state index in [-0.39, 0.29) is 12.2 Å². The molecule has 0 saturated carbocycles. The largest absolute Gasteiger partial charge is 0.497 e. The lowest BCUT2D eigenvalue weighted by atomic mass is 9.99. The van der Waals surface area contributed by atoms with Crippen LogP contribution in [0.2, 0.25) is 0 Å². The number of rotatable bonds is 6. The van der Waals surface area contributed by atoms with Crippen LogP contribution in [0.3, 0.4) is 0 Å². The molecule has 23 heavy (non-hydrogen) atoms. The second-order valence-corrected chi connectivity index (χ2v) is 4.86.